The van der Waals surface area contributed by atoms with Crippen LogP contribution in [0.15, 0.2) is 29.8 Å². The van der Waals surface area contributed by atoms with Crippen molar-refractivity contribution in [2.45, 2.75) is 34.1 Å². The number of nitrogens with zero attached hydrogens (tertiary/aromatic N) is 1. The number of aromatic nitrogens is 1. The van der Waals surface area contributed by atoms with Crippen LogP contribution in [0.4, 0.5) is 4.79 Å². The van der Waals surface area contributed by atoms with Crippen molar-refractivity contribution in [2.75, 3.05) is 0 Å². The Labute approximate surface area is 151 Å². The molecule has 1 aromatic heterocycles. The summed E-state index contributed by atoms with van der Waals surface area (Å²) in [4.78, 5) is 35.2. The highest BCUT2D eigenvalue weighted by atomic mass is 16.2. The number of para-hydroxylation sites is 1. The molecule has 1 aliphatic rings. The standard InChI is InChI=1S/C20H21N3O3/c1-5-14-8-6-7-11(2)17(14)23-12(3)9-15(13(23)4)10-16-18(24)21-20(26)22-19(16)25/h6-10H,5H2,1-4H3,(H2,21,22,24,25,26). The third-order valence-electron chi connectivity index (χ3n) is 4.64. The van der Waals surface area contributed by atoms with Gasteiger partial charge in [-0.2, -0.15) is 0 Å². The highest BCUT2D eigenvalue weighted by Crippen LogP contribution is 2.28. The number of carbonyl (C=O) groups is 3. The quantitative estimate of drug-likeness (QED) is 0.659. The summed E-state index contributed by atoms with van der Waals surface area (Å²) in [5.41, 5.74) is 6.13. The summed E-state index contributed by atoms with van der Waals surface area (Å²) in [7, 11) is 0. The number of amides is 4. The lowest BCUT2D eigenvalue weighted by atomic mass is 10.0. The van der Waals surface area contributed by atoms with E-state index in [2.05, 4.69) is 41.2 Å². The Morgan fingerprint density at radius 2 is 1.69 bits per heavy atom. The number of imide groups is 2. The minimum absolute atomic E-state index is 0.0784. The summed E-state index contributed by atoms with van der Waals surface area (Å²) in [5.74, 6) is -1.37. The summed E-state index contributed by atoms with van der Waals surface area (Å²) in [6, 6.07) is 7.36. The minimum atomic E-state index is -0.796. The monoisotopic (exact) mass is 351 g/mol. The van der Waals surface area contributed by atoms with Crippen molar-refractivity contribution in [1.29, 1.82) is 0 Å². The van der Waals surface area contributed by atoms with Crippen molar-refractivity contribution in [3.63, 3.8) is 0 Å². The number of hydrogen-bond donors (Lipinski definition) is 2. The number of rotatable bonds is 3. The molecule has 4 amide bonds. The molecule has 0 atom stereocenters. The molecule has 26 heavy (non-hydrogen) atoms. The normalized spacial score (nSPS) is 14.3. The average molecular weight is 351 g/mol. The molecule has 2 aromatic rings. The van der Waals surface area contributed by atoms with Gasteiger partial charge >= 0.3 is 6.03 Å². The van der Waals surface area contributed by atoms with Crippen LogP contribution in [-0.2, 0) is 16.0 Å². The lowest BCUT2D eigenvalue weighted by Gasteiger charge is -2.17. The van der Waals surface area contributed by atoms with Gasteiger partial charge in [0.15, 0.2) is 0 Å². The van der Waals surface area contributed by atoms with Crippen LogP contribution in [0.5, 0.6) is 0 Å². The van der Waals surface area contributed by atoms with E-state index in [-0.39, 0.29) is 5.57 Å². The first-order valence-corrected chi connectivity index (χ1v) is 8.49. The molecular formula is C20H21N3O3. The summed E-state index contributed by atoms with van der Waals surface area (Å²) in [6.45, 7) is 8.13. The summed E-state index contributed by atoms with van der Waals surface area (Å²) >= 11 is 0. The van der Waals surface area contributed by atoms with Crippen molar-refractivity contribution in [3.05, 3.63) is 57.9 Å². The molecule has 0 radical (unpaired) electrons. The van der Waals surface area contributed by atoms with Crippen LogP contribution in [-0.4, -0.2) is 22.4 Å². The third kappa shape index (κ3) is 2.94. The molecule has 0 unspecified atom stereocenters. The highest BCUT2D eigenvalue weighted by molar-refractivity contribution is 6.31. The molecule has 0 bridgehead atoms. The van der Waals surface area contributed by atoms with Gasteiger partial charge in [-0.05, 0) is 56.0 Å². The number of urea groups is 1. The number of carbonyl (C=O) groups excluding carboxylic acids is 3. The zero-order valence-electron chi connectivity index (χ0n) is 15.3. The molecule has 0 saturated carbocycles. The molecular weight excluding hydrogens is 330 g/mol. The van der Waals surface area contributed by atoms with Gasteiger partial charge < -0.3 is 4.57 Å². The first-order chi connectivity index (χ1) is 12.3. The molecule has 6 nitrogen and oxygen atoms in total. The fourth-order valence-electron chi connectivity index (χ4n) is 3.36. The van der Waals surface area contributed by atoms with Crippen molar-refractivity contribution in [1.82, 2.24) is 15.2 Å². The lowest BCUT2D eigenvalue weighted by Crippen LogP contribution is -2.51. The highest BCUT2D eigenvalue weighted by Gasteiger charge is 2.28. The van der Waals surface area contributed by atoms with Crippen LogP contribution in [0.2, 0.25) is 0 Å². The lowest BCUT2D eigenvalue weighted by molar-refractivity contribution is -0.123. The Morgan fingerprint density at radius 3 is 2.31 bits per heavy atom. The number of nitrogens with one attached hydrogen (secondary N) is 2. The van der Waals surface area contributed by atoms with Crippen LogP contribution in [0.3, 0.4) is 0 Å². The second-order valence-electron chi connectivity index (χ2n) is 6.39. The molecule has 0 aliphatic carbocycles. The van der Waals surface area contributed by atoms with E-state index in [9.17, 15) is 14.4 Å². The van der Waals surface area contributed by atoms with E-state index in [1.54, 1.807) is 0 Å². The maximum atomic E-state index is 12.0. The smallest absolute Gasteiger partial charge is 0.317 e. The van der Waals surface area contributed by atoms with Gasteiger partial charge in [0, 0.05) is 11.4 Å². The van der Waals surface area contributed by atoms with E-state index in [4.69, 9.17) is 0 Å². The molecule has 1 fully saturated rings. The minimum Gasteiger partial charge on any atom is -0.317 e. The molecule has 2 N–H and O–H groups in total. The number of hydrogen-bond acceptors (Lipinski definition) is 3. The number of benzene rings is 1. The molecule has 1 saturated heterocycles. The van der Waals surface area contributed by atoms with Gasteiger partial charge in [0.1, 0.15) is 5.57 Å². The first-order valence-electron chi connectivity index (χ1n) is 8.49. The predicted molar refractivity (Wildman–Crippen MR) is 99.0 cm³/mol. The maximum Gasteiger partial charge on any atom is 0.328 e. The van der Waals surface area contributed by atoms with Gasteiger partial charge in [-0.25, -0.2) is 4.79 Å². The Balaban J connectivity index is 2.14. The van der Waals surface area contributed by atoms with E-state index in [0.29, 0.717) is 0 Å². The van der Waals surface area contributed by atoms with Gasteiger partial charge in [0.2, 0.25) is 0 Å². The summed E-state index contributed by atoms with van der Waals surface area (Å²) < 4.78 is 2.14. The second-order valence-corrected chi connectivity index (χ2v) is 6.39. The Kier molecular flexibility index (Phi) is 4.50. The van der Waals surface area contributed by atoms with Gasteiger partial charge in [-0.3, -0.25) is 20.2 Å². The maximum absolute atomic E-state index is 12.0. The Bertz CT molecular complexity index is 945. The van der Waals surface area contributed by atoms with E-state index in [1.807, 2.05) is 26.0 Å². The van der Waals surface area contributed by atoms with Crippen LogP contribution < -0.4 is 10.6 Å². The van der Waals surface area contributed by atoms with Gasteiger partial charge in [-0.1, -0.05) is 25.1 Å². The summed E-state index contributed by atoms with van der Waals surface area (Å²) in [5, 5.41) is 4.19. The molecule has 1 aliphatic heterocycles. The van der Waals surface area contributed by atoms with E-state index >= 15 is 0 Å². The predicted octanol–water partition coefficient (Wildman–Crippen LogP) is 2.71. The van der Waals surface area contributed by atoms with Gasteiger partial charge in [0.25, 0.3) is 11.8 Å². The molecule has 0 spiro atoms. The molecule has 2 heterocycles. The van der Waals surface area contributed by atoms with Crippen molar-refractivity contribution < 1.29 is 14.4 Å². The topological polar surface area (TPSA) is 80.2 Å². The van der Waals surface area contributed by atoms with Crippen LogP contribution in [0, 0.1) is 20.8 Å². The van der Waals surface area contributed by atoms with Gasteiger partial charge in [-0.15, -0.1) is 0 Å². The molecule has 1 aromatic carbocycles. The van der Waals surface area contributed by atoms with Crippen molar-refractivity contribution in [2.24, 2.45) is 0 Å². The third-order valence-corrected chi connectivity index (χ3v) is 4.64. The molecule has 134 valence electrons. The van der Waals surface area contributed by atoms with Crippen LogP contribution >= 0.6 is 0 Å². The SMILES string of the molecule is CCc1cccc(C)c1-n1c(C)cc(C=C2C(=O)NC(=O)NC2=O)c1C. The molecule has 6 heteroatoms. The number of barbiturate groups is 1. The second kappa shape index (κ2) is 6.63. The van der Waals surface area contributed by atoms with E-state index in [1.165, 1.54) is 11.6 Å². The van der Waals surface area contributed by atoms with E-state index in [0.717, 1.165) is 34.6 Å². The average Bonchev–Trinajstić information content (AvgIpc) is 2.84. The van der Waals surface area contributed by atoms with Crippen molar-refractivity contribution >= 4 is 23.9 Å². The summed E-state index contributed by atoms with van der Waals surface area (Å²) in [6.07, 6.45) is 2.43. The Hall–Kier alpha value is -3.15. The van der Waals surface area contributed by atoms with Gasteiger partial charge in [0.05, 0.1) is 5.69 Å². The largest absolute Gasteiger partial charge is 0.328 e. The van der Waals surface area contributed by atoms with E-state index < -0.39 is 17.8 Å². The van der Waals surface area contributed by atoms with Crippen molar-refractivity contribution in [3.8, 4) is 5.69 Å². The number of aryl methyl sites for hydroxylation is 3. The fourth-order valence-corrected chi connectivity index (χ4v) is 3.36. The zero-order valence-corrected chi connectivity index (χ0v) is 15.3. The first kappa shape index (κ1) is 17.7. The van der Waals surface area contributed by atoms with Crippen LogP contribution in [0.25, 0.3) is 11.8 Å². The fraction of sp³-hybridized carbons (Fsp3) is 0.250. The zero-order chi connectivity index (χ0) is 19.0. The molecule has 3 rings (SSSR count). The van der Waals surface area contributed by atoms with Crippen LogP contribution in [0.1, 0.15) is 35.0 Å². The Morgan fingerprint density at radius 1 is 1.04 bits per heavy atom.